The molecule has 9 heteroatoms. The number of carbonyl (C=O) groups excluding carboxylic acids is 3. The molecule has 0 heterocycles. The van der Waals surface area contributed by atoms with Gasteiger partial charge in [0.1, 0.15) is 12.6 Å². The summed E-state index contributed by atoms with van der Waals surface area (Å²) < 4.78 is 4.66. The molecule has 9 nitrogen and oxygen atoms in total. The van der Waals surface area contributed by atoms with Crippen LogP contribution in [0.2, 0.25) is 0 Å². The highest BCUT2D eigenvalue weighted by Gasteiger charge is 2.23. The summed E-state index contributed by atoms with van der Waals surface area (Å²) in [7, 11) is 1.32. The second-order valence-electron chi connectivity index (χ2n) is 4.01. The average molecular weight is 289 g/mol. The van der Waals surface area contributed by atoms with E-state index in [9.17, 15) is 19.2 Å². The van der Waals surface area contributed by atoms with Crippen molar-refractivity contribution in [3.63, 3.8) is 0 Å². The van der Waals surface area contributed by atoms with E-state index < -0.39 is 29.9 Å². The fourth-order valence-corrected chi connectivity index (χ4v) is 1.28. The quantitative estimate of drug-likeness (QED) is 0.485. The van der Waals surface area contributed by atoms with Crippen LogP contribution >= 0.6 is 0 Å². The van der Waals surface area contributed by atoms with Crippen LogP contribution in [0.4, 0.5) is 4.79 Å². The molecule has 0 aliphatic rings. The molecule has 0 bridgehead atoms. The Kier molecular flexibility index (Phi) is 7.71. The van der Waals surface area contributed by atoms with Gasteiger partial charge in [-0.25, -0.2) is 9.59 Å². The Balaban J connectivity index is 4.40. The topological polar surface area (TPSA) is 139 Å². The van der Waals surface area contributed by atoms with Crippen molar-refractivity contribution in [1.29, 1.82) is 0 Å². The molecule has 4 N–H and O–H groups in total. The largest absolute Gasteiger partial charge is 0.480 e. The van der Waals surface area contributed by atoms with Crippen molar-refractivity contribution < 1.29 is 29.0 Å². The Hall–Kier alpha value is -2.32. The summed E-state index contributed by atoms with van der Waals surface area (Å²) in [5.41, 5.74) is 4.91. The zero-order valence-electron chi connectivity index (χ0n) is 11.4. The van der Waals surface area contributed by atoms with Gasteiger partial charge in [0.2, 0.25) is 5.91 Å². The van der Waals surface area contributed by atoms with E-state index in [1.165, 1.54) is 7.05 Å². The maximum absolute atomic E-state index is 11.7. The van der Waals surface area contributed by atoms with Gasteiger partial charge in [-0.05, 0) is 13.3 Å². The third-order valence-corrected chi connectivity index (χ3v) is 2.29. The first-order valence-corrected chi connectivity index (χ1v) is 5.96. The predicted octanol–water partition coefficient (Wildman–Crippen LogP) is -1.09. The second kappa shape index (κ2) is 8.73. The number of likely N-dealkylation sites (N-methyl/N-ethyl adjacent to an activating group) is 1. The fourth-order valence-electron chi connectivity index (χ4n) is 1.28. The lowest BCUT2D eigenvalue weighted by molar-refractivity contribution is -0.143. The van der Waals surface area contributed by atoms with E-state index in [0.717, 1.165) is 4.90 Å². The van der Waals surface area contributed by atoms with Crippen molar-refractivity contribution in [1.82, 2.24) is 10.2 Å². The minimum absolute atomic E-state index is 0.121. The summed E-state index contributed by atoms with van der Waals surface area (Å²) in [5.74, 6) is -2.55. The van der Waals surface area contributed by atoms with E-state index in [2.05, 4.69) is 10.1 Å². The lowest BCUT2D eigenvalue weighted by Gasteiger charge is -2.20. The molecular weight excluding hydrogens is 270 g/mol. The normalized spacial score (nSPS) is 11.3. The van der Waals surface area contributed by atoms with Gasteiger partial charge in [0.25, 0.3) is 0 Å². The van der Waals surface area contributed by atoms with Crippen molar-refractivity contribution in [3.8, 4) is 0 Å². The van der Waals surface area contributed by atoms with Crippen molar-refractivity contribution in [2.24, 2.45) is 5.73 Å². The SMILES string of the molecule is CCOC(=O)CN(C)C(=O)NC(CCC(N)=O)C(=O)O. The number of carboxylic acids is 1. The number of ether oxygens (including phenoxy) is 1. The summed E-state index contributed by atoms with van der Waals surface area (Å²) in [6.07, 6.45) is -0.289. The number of carbonyl (C=O) groups is 4. The highest BCUT2D eigenvalue weighted by molar-refractivity contribution is 5.85. The van der Waals surface area contributed by atoms with Crippen LogP contribution in [0.3, 0.4) is 0 Å². The van der Waals surface area contributed by atoms with Gasteiger partial charge in [-0.1, -0.05) is 0 Å². The number of carboxylic acid groups (broad SMARTS) is 1. The number of hydrogen-bond acceptors (Lipinski definition) is 5. The lowest BCUT2D eigenvalue weighted by atomic mass is 10.1. The van der Waals surface area contributed by atoms with E-state index in [-0.39, 0.29) is 26.0 Å². The van der Waals surface area contributed by atoms with Crippen LogP contribution in [-0.4, -0.2) is 60.1 Å². The maximum atomic E-state index is 11.7. The van der Waals surface area contributed by atoms with Gasteiger partial charge >= 0.3 is 18.0 Å². The first-order valence-electron chi connectivity index (χ1n) is 5.96. The lowest BCUT2D eigenvalue weighted by Crippen LogP contribution is -2.48. The van der Waals surface area contributed by atoms with Crippen molar-refractivity contribution in [2.75, 3.05) is 20.2 Å². The van der Waals surface area contributed by atoms with Gasteiger partial charge in [0.15, 0.2) is 0 Å². The van der Waals surface area contributed by atoms with E-state index in [1.54, 1.807) is 6.92 Å². The molecule has 0 aromatic heterocycles. The molecule has 0 aliphatic carbocycles. The van der Waals surface area contributed by atoms with Gasteiger partial charge in [-0.2, -0.15) is 0 Å². The van der Waals surface area contributed by atoms with E-state index in [4.69, 9.17) is 10.8 Å². The van der Waals surface area contributed by atoms with E-state index in [1.807, 2.05) is 0 Å². The molecule has 0 saturated heterocycles. The standard InChI is InChI=1S/C11H19N3O6/c1-3-20-9(16)6-14(2)11(19)13-7(10(17)18)4-5-8(12)15/h7H,3-6H2,1-2H3,(H2,12,15)(H,13,19)(H,17,18). The van der Waals surface area contributed by atoms with Crippen LogP contribution in [0.5, 0.6) is 0 Å². The highest BCUT2D eigenvalue weighted by atomic mass is 16.5. The monoisotopic (exact) mass is 289 g/mol. The number of aliphatic carboxylic acids is 1. The number of hydrogen-bond donors (Lipinski definition) is 3. The van der Waals surface area contributed by atoms with Crippen LogP contribution in [-0.2, 0) is 19.1 Å². The minimum atomic E-state index is -1.29. The highest BCUT2D eigenvalue weighted by Crippen LogP contribution is 1.99. The van der Waals surface area contributed by atoms with Crippen LogP contribution in [0, 0.1) is 0 Å². The number of rotatable bonds is 8. The van der Waals surface area contributed by atoms with E-state index in [0.29, 0.717) is 0 Å². The Morgan fingerprint density at radius 1 is 1.35 bits per heavy atom. The summed E-state index contributed by atoms with van der Waals surface area (Å²) in [6.45, 7) is 1.51. The number of nitrogens with one attached hydrogen (secondary N) is 1. The summed E-state index contributed by atoms with van der Waals surface area (Å²) >= 11 is 0. The molecule has 20 heavy (non-hydrogen) atoms. The van der Waals surface area contributed by atoms with Gasteiger partial charge in [0, 0.05) is 13.5 Å². The molecule has 114 valence electrons. The molecular formula is C11H19N3O6. The first kappa shape index (κ1) is 17.7. The van der Waals surface area contributed by atoms with Gasteiger partial charge in [0.05, 0.1) is 6.61 Å². The number of primary amides is 1. The Bertz CT molecular complexity index is 384. The van der Waals surface area contributed by atoms with Gasteiger partial charge < -0.3 is 25.8 Å². The Morgan fingerprint density at radius 2 is 1.95 bits per heavy atom. The van der Waals surface area contributed by atoms with E-state index >= 15 is 0 Å². The van der Waals surface area contributed by atoms with Crippen molar-refractivity contribution >= 4 is 23.9 Å². The first-order chi connectivity index (χ1) is 9.27. The number of esters is 1. The van der Waals surface area contributed by atoms with Crippen LogP contribution in [0.1, 0.15) is 19.8 Å². The van der Waals surface area contributed by atoms with Gasteiger partial charge in [-0.3, -0.25) is 9.59 Å². The summed E-state index contributed by atoms with van der Waals surface area (Å²) in [5, 5.41) is 11.1. The van der Waals surface area contributed by atoms with Gasteiger partial charge in [-0.15, -0.1) is 0 Å². The molecule has 0 spiro atoms. The Morgan fingerprint density at radius 3 is 2.40 bits per heavy atom. The summed E-state index contributed by atoms with van der Waals surface area (Å²) in [6, 6.07) is -2.01. The molecule has 3 amide bonds. The average Bonchev–Trinajstić information content (AvgIpc) is 2.33. The third kappa shape index (κ3) is 7.19. The molecule has 1 atom stereocenters. The third-order valence-electron chi connectivity index (χ3n) is 2.29. The summed E-state index contributed by atoms with van der Waals surface area (Å²) in [4.78, 5) is 45.4. The van der Waals surface area contributed by atoms with Crippen LogP contribution in [0.15, 0.2) is 0 Å². The molecule has 0 aliphatic heterocycles. The van der Waals surface area contributed by atoms with Crippen LogP contribution < -0.4 is 11.1 Å². The van der Waals surface area contributed by atoms with Crippen molar-refractivity contribution in [2.45, 2.75) is 25.8 Å². The molecule has 0 radical (unpaired) electrons. The smallest absolute Gasteiger partial charge is 0.326 e. The number of nitrogens with zero attached hydrogens (tertiary/aromatic N) is 1. The molecule has 0 aromatic rings. The minimum Gasteiger partial charge on any atom is -0.480 e. The van der Waals surface area contributed by atoms with Crippen molar-refractivity contribution in [3.05, 3.63) is 0 Å². The number of nitrogens with two attached hydrogens (primary N) is 1. The Labute approximate surface area is 116 Å². The molecule has 0 saturated carbocycles. The second-order valence-corrected chi connectivity index (χ2v) is 4.01. The number of urea groups is 1. The molecule has 1 unspecified atom stereocenters. The number of amides is 3. The maximum Gasteiger partial charge on any atom is 0.326 e. The molecule has 0 fully saturated rings. The predicted molar refractivity (Wildman–Crippen MR) is 67.6 cm³/mol. The fraction of sp³-hybridized carbons (Fsp3) is 0.636. The molecule has 0 aromatic carbocycles. The zero-order valence-corrected chi connectivity index (χ0v) is 11.4. The molecule has 0 rings (SSSR count). The zero-order chi connectivity index (χ0) is 15.7. The van der Waals surface area contributed by atoms with Crippen LogP contribution in [0.25, 0.3) is 0 Å².